The van der Waals surface area contributed by atoms with Gasteiger partial charge in [0.25, 0.3) is 0 Å². The van der Waals surface area contributed by atoms with Crippen LogP contribution in [0.25, 0.3) is 5.57 Å². The molecule has 1 aliphatic carbocycles. The van der Waals surface area contributed by atoms with E-state index in [1.807, 2.05) is 32.0 Å². The summed E-state index contributed by atoms with van der Waals surface area (Å²) in [7, 11) is 0. The Kier molecular flexibility index (Phi) is 7.75. The highest BCUT2D eigenvalue weighted by Gasteiger charge is 2.11. The first-order valence-corrected chi connectivity index (χ1v) is 10.9. The number of hydrogen-bond donors (Lipinski definition) is 1. The fourth-order valence-electron chi connectivity index (χ4n) is 3.38. The van der Waals surface area contributed by atoms with Crippen LogP contribution in [-0.4, -0.2) is 5.11 Å². The van der Waals surface area contributed by atoms with Crippen molar-refractivity contribution in [1.29, 1.82) is 0 Å². The van der Waals surface area contributed by atoms with Gasteiger partial charge in [-0.2, -0.15) is 0 Å². The molecular formula is C30H28O. The molecule has 0 saturated heterocycles. The monoisotopic (exact) mass is 404 g/mol. The zero-order chi connectivity index (χ0) is 22.1. The van der Waals surface area contributed by atoms with E-state index in [2.05, 4.69) is 73.1 Å². The topological polar surface area (TPSA) is 20.2 Å². The summed E-state index contributed by atoms with van der Waals surface area (Å²) in [6.45, 7) is 6.08. The van der Waals surface area contributed by atoms with E-state index in [4.69, 9.17) is 0 Å². The van der Waals surface area contributed by atoms with Gasteiger partial charge in [0, 0.05) is 22.3 Å². The molecule has 0 spiro atoms. The van der Waals surface area contributed by atoms with Crippen molar-refractivity contribution >= 4 is 5.57 Å². The quantitative estimate of drug-likeness (QED) is 0.429. The Morgan fingerprint density at radius 3 is 1.94 bits per heavy atom. The average Bonchev–Trinajstić information content (AvgIpc) is 3.35. The molecule has 1 heteroatoms. The Hall–Kier alpha value is -3.68. The van der Waals surface area contributed by atoms with Gasteiger partial charge in [-0.05, 0) is 91.9 Å². The highest BCUT2D eigenvalue weighted by Crippen LogP contribution is 2.30. The first-order valence-electron chi connectivity index (χ1n) is 10.9. The molecule has 4 rings (SSSR count). The van der Waals surface area contributed by atoms with E-state index in [0.29, 0.717) is 0 Å². The highest BCUT2D eigenvalue weighted by atomic mass is 16.3. The maximum absolute atomic E-state index is 9.44. The van der Waals surface area contributed by atoms with Crippen molar-refractivity contribution in [3.05, 3.63) is 106 Å². The third kappa shape index (κ3) is 6.15. The van der Waals surface area contributed by atoms with Crippen LogP contribution in [0.3, 0.4) is 0 Å². The van der Waals surface area contributed by atoms with Crippen molar-refractivity contribution in [3.8, 4) is 29.4 Å². The molecule has 0 aliphatic heterocycles. The first kappa shape index (κ1) is 22.0. The minimum atomic E-state index is 0.254. The van der Waals surface area contributed by atoms with Crippen molar-refractivity contribution in [1.82, 2.24) is 0 Å². The van der Waals surface area contributed by atoms with Gasteiger partial charge < -0.3 is 5.11 Å². The van der Waals surface area contributed by atoms with E-state index in [0.717, 1.165) is 35.1 Å². The second-order valence-corrected chi connectivity index (χ2v) is 7.29. The molecule has 3 aromatic rings. The van der Waals surface area contributed by atoms with E-state index < -0.39 is 0 Å². The average molecular weight is 405 g/mol. The van der Waals surface area contributed by atoms with Gasteiger partial charge >= 0.3 is 0 Å². The van der Waals surface area contributed by atoms with Crippen LogP contribution in [-0.2, 0) is 0 Å². The molecule has 3 aromatic carbocycles. The Morgan fingerprint density at radius 1 is 0.710 bits per heavy atom. The van der Waals surface area contributed by atoms with Crippen LogP contribution in [0.1, 0.15) is 66.5 Å². The van der Waals surface area contributed by atoms with Crippen molar-refractivity contribution in [3.63, 3.8) is 0 Å². The number of allylic oxidation sites excluding steroid dienone is 2. The van der Waals surface area contributed by atoms with Crippen LogP contribution in [0, 0.1) is 30.6 Å². The fraction of sp³-hybridized carbons (Fsp3) is 0.200. The molecule has 0 heterocycles. The van der Waals surface area contributed by atoms with Crippen molar-refractivity contribution in [2.24, 2.45) is 0 Å². The molecule has 0 saturated carbocycles. The number of benzene rings is 3. The summed E-state index contributed by atoms with van der Waals surface area (Å²) in [6.07, 6.45) is 5.72. The number of aryl methyl sites for hydroxylation is 1. The van der Waals surface area contributed by atoms with Crippen LogP contribution in [0.15, 0.2) is 72.8 Å². The lowest BCUT2D eigenvalue weighted by atomic mass is 9.96. The Bertz CT molecular complexity index is 1170. The molecular weight excluding hydrogens is 376 g/mol. The smallest absolute Gasteiger partial charge is 0.115 e. The molecule has 0 aromatic heterocycles. The number of rotatable bonds is 1. The number of phenolic OH excluding ortho intramolecular Hbond substituents is 1. The molecule has 1 aliphatic rings. The molecule has 31 heavy (non-hydrogen) atoms. The number of phenols is 1. The van der Waals surface area contributed by atoms with Crippen molar-refractivity contribution < 1.29 is 5.11 Å². The summed E-state index contributed by atoms with van der Waals surface area (Å²) in [4.78, 5) is 0. The van der Waals surface area contributed by atoms with Gasteiger partial charge in [-0.3, -0.25) is 0 Å². The molecule has 1 nitrogen and oxygen atoms in total. The second-order valence-electron chi connectivity index (χ2n) is 7.29. The van der Waals surface area contributed by atoms with E-state index in [1.165, 1.54) is 23.1 Å². The van der Waals surface area contributed by atoms with Crippen LogP contribution < -0.4 is 0 Å². The summed E-state index contributed by atoms with van der Waals surface area (Å²) in [5, 5.41) is 9.44. The van der Waals surface area contributed by atoms with Gasteiger partial charge in [-0.15, -0.1) is 0 Å². The molecule has 0 unspecified atom stereocenters. The van der Waals surface area contributed by atoms with Crippen molar-refractivity contribution in [2.75, 3.05) is 0 Å². The van der Waals surface area contributed by atoms with Gasteiger partial charge in [0.1, 0.15) is 5.75 Å². The first-order chi connectivity index (χ1) is 15.2. The third-order valence-corrected chi connectivity index (χ3v) is 5.02. The number of hydrogen-bond acceptors (Lipinski definition) is 1. The maximum Gasteiger partial charge on any atom is 0.115 e. The molecule has 1 N–H and O–H groups in total. The van der Waals surface area contributed by atoms with E-state index in [9.17, 15) is 5.11 Å². The van der Waals surface area contributed by atoms with E-state index in [1.54, 1.807) is 12.1 Å². The van der Waals surface area contributed by atoms with Gasteiger partial charge in [0.2, 0.25) is 0 Å². The number of aromatic hydroxyl groups is 1. The maximum atomic E-state index is 9.44. The van der Waals surface area contributed by atoms with Crippen LogP contribution in [0.5, 0.6) is 5.75 Å². The summed E-state index contributed by atoms with van der Waals surface area (Å²) >= 11 is 0. The minimum absolute atomic E-state index is 0.254. The van der Waals surface area contributed by atoms with Crippen molar-refractivity contribution in [2.45, 2.75) is 40.0 Å². The lowest BCUT2D eigenvalue weighted by molar-refractivity contribution is 0.475. The zero-order valence-corrected chi connectivity index (χ0v) is 18.5. The predicted molar refractivity (Wildman–Crippen MR) is 131 cm³/mol. The largest absolute Gasteiger partial charge is 0.508 e. The summed E-state index contributed by atoms with van der Waals surface area (Å²) in [5.41, 5.74) is 7.72. The van der Waals surface area contributed by atoms with E-state index >= 15 is 0 Å². The standard InChI is InChI=1S/C28H22O.C2H6/c1-21-6-8-22(9-7-21)10-11-24-13-17-26(28(20-24)25-4-2-3-5-25)16-12-23-14-18-27(29)19-15-23;1-2/h4,6-9,13-15,17-20,29H,2-3,5H2,1H3;1-2H3. The lowest BCUT2D eigenvalue weighted by Gasteiger charge is -2.07. The Labute approximate surface area is 186 Å². The summed E-state index contributed by atoms with van der Waals surface area (Å²) in [6, 6.07) is 21.5. The van der Waals surface area contributed by atoms with Crippen LogP contribution >= 0.6 is 0 Å². The molecule has 0 amide bonds. The second kappa shape index (κ2) is 10.9. The Morgan fingerprint density at radius 2 is 1.29 bits per heavy atom. The van der Waals surface area contributed by atoms with Gasteiger partial charge in [0.05, 0.1) is 0 Å². The third-order valence-electron chi connectivity index (χ3n) is 5.02. The normalized spacial score (nSPS) is 11.8. The summed E-state index contributed by atoms with van der Waals surface area (Å²) < 4.78 is 0. The van der Waals surface area contributed by atoms with Gasteiger partial charge in [0.15, 0.2) is 0 Å². The molecule has 154 valence electrons. The van der Waals surface area contributed by atoms with E-state index in [-0.39, 0.29) is 5.75 Å². The highest BCUT2D eigenvalue weighted by molar-refractivity contribution is 5.74. The van der Waals surface area contributed by atoms with Gasteiger partial charge in [-0.1, -0.05) is 61.3 Å². The van der Waals surface area contributed by atoms with Crippen LogP contribution in [0.2, 0.25) is 0 Å². The minimum Gasteiger partial charge on any atom is -0.508 e. The molecule has 0 bridgehead atoms. The summed E-state index contributed by atoms with van der Waals surface area (Å²) in [5.74, 6) is 13.3. The molecule has 0 atom stereocenters. The predicted octanol–water partition coefficient (Wildman–Crippen LogP) is 7.09. The zero-order valence-electron chi connectivity index (χ0n) is 18.5. The molecule has 0 fully saturated rings. The SMILES string of the molecule is CC.Cc1ccc(C#Cc2ccc(C#Cc3ccc(O)cc3)c(C3=CCCC3)c2)cc1. The van der Waals surface area contributed by atoms with Gasteiger partial charge in [-0.25, -0.2) is 0 Å². The Balaban J connectivity index is 0.00000132. The lowest BCUT2D eigenvalue weighted by Crippen LogP contribution is -1.90. The van der Waals surface area contributed by atoms with Crippen LogP contribution in [0.4, 0.5) is 0 Å². The molecule has 0 radical (unpaired) electrons. The fourth-order valence-corrected chi connectivity index (χ4v) is 3.38.